The van der Waals surface area contributed by atoms with Crippen LogP contribution in [0.4, 0.5) is 9.18 Å². The van der Waals surface area contributed by atoms with E-state index in [0.717, 1.165) is 5.56 Å². The third kappa shape index (κ3) is 5.20. The van der Waals surface area contributed by atoms with Crippen molar-refractivity contribution in [3.8, 4) is 5.75 Å². The number of hydrazine groups is 1. The van der Waals surface area contributed by atoms with Crippen LogP contribution in [-0.2, 0) is 20.9 Å². The molecule has 2 aromatic carbocycles. The first-order valence-electron chi connectivity index (χ1n) is 9.82. The van der Waals surface area contributed by atoms with Crippen molar-refractivity contribution in [1.29, 1.82) is 0 Å². The van der Waals surface area contributed by atoms with E-state index >= 15 is 0 Å². The van der Waals surface area contributed by atoms with Crippen molar-refractivity contribution in [1.82, 2.24) is 15.8 Å². The molecule has 0 radical (unpaired) electrons. The van der Waals surface area contributed by atoms with Crippen molar-refractivity contribution in [2.45, 2.75) is 32.4 Å². The Morgan fingerprint density at radius 1 is 1.16 bits per heavy atom. The Balaban J connectivity index is 1.52. The van der Waals surface area contributed by atoms with Crippen LogP contribution in [0.15, 0.2) is 48.5 Å². The van der Waals surface area contributed by atoms with Gasteiger partial charge in [0, 0.05) is 0 Å². The predicted octanol–water partition coefficient (Wildman–Crippen LogP) is 2.31. The summed E-state index contributed by atoms with van der Waals surface area (Å²) in [5.74, 6) is -2.20. The van der Waals surface area contributed by atoms with Gasteiger partial charge in [-0.25, -0.2) is 14.0 Å². The average Bonchev–Trinajstić information content (AvgIpc) is 3.00. The van der Waals surface area contributed by atoms with E-state index in [-0.39, 0.29) is 18.0 Å². The summed E-state index contributed by atoms with van der Waals surface area (Å²) < 4.78 is 23.5. The first-order chi connectivity index (χ1) is 15.2. The highest BCUT2D eigenvalue weighted by Crippen LogP contribution is 2.19. The largest absolute Gasteiger partial charge is 0.489 e. The summed E-state index contributed by atoms with van der Waals surface area (Å²) in [7, 11) is 0. The number of nitrogens with zero attached hydrogens (tertiary/aromatic N) is 1. The normalized spacial score (nSPS) is 17.7. The lowest BCUT2D eigenvalue weighted by molar-refractivity contribution is -0.139. The number of hydrogen-bond acceptors (Lipinski definition) is 6. The van der Waals surface area contributed by atoms with Gasteiger partial charge in [0.1, 0.15) is 23.7 Å². The molecule has 1 saturated heterocycles. The van der Waals surface area contributed by atoms with Crippen LogP contribution in [0.2, 0.25) is 0 Å². The predicted molar refractivity (Wildman–Crippen MR) is 110 cm³/mol. The number of carbonyl (C=O) groups is 4. The molecular weight excluding hydrogens is 421 g/mol. The first kappa shape index (κ1) is 22.7. The SMILES string of the molecule is CCC1(C)NC(=O)N(NC(=O)COC(=O)c2cccc(OCc3ccc(F)cc3)c2)C1=O. The van der Waals surface area contributed by atoms with Crippen LogP contribution in [-0.4, -0.2) is 41.0 Å². The molecule has 1 heterocycles. The van der Waals surface area contributed by atoms with Gasteiger partial charge in [0.05, 0.1) is 5.56 Å². The molecule has 0 bridgehead atoms. The number of esters is 1. The zero-order chi connectivity index (χ0) is 23.3. The van der Waals surface area contributed by atoms with Gasteiger partial charge >= 0.3 is 12.0 Å². The number of benzene rings is 2. The Morgan fingerprint density at radius 3 is 2.53 bits per heavy atom. The van der Waals surface area contributed by atoms with Gasteiger partial charge in [-0.2, -0.15) is 5.01 Å². The molecule has 10 heteroatoms. The maximum Gasteiger partial charge on any atom is 0.344 e. The molecular formula is C22H22FN3O6. The standard InChI is InChI=1S/C22H22FN3O6/c1-3-22(2)20(29)26(21(30)24-22)25-18(27)13-32-19(28)15-5-4-6-17(11-15)31-12-14-7-9-16(23)10-8-14/h4-11H,3,12-13H2,1-2H3,(H,24,30)(H,25,27). The van der Waals surface area contributed by atoms with Crippen LogP contribution >= 0.6 is 0 Å². The Morgan fingerprint density at radius 2 is 1.88 bits per heavy atom. The summed E-state index contributed by atoms with van der Waals surface area (Å²) in [6.07, 6.45) is 0.346. The van der Waals surface area contributed by atoms with E-state index < -0.39 is 36.0 Å². The second kappa shape index (κ2) is 9.46. The zero-order valence-corrected chi connectivity index (χ0v) is 17.5. The Labute approximate surface area is 183 Å². The van der Waals surface area contributed by atoms with Crippen molar-refractivity contribution in [2.24, 2.45) is 0 Å². The minimum atomic E-state index is -1.10. The number of carbonyl (C=O) groups excluding carboxylic acids is 4. The van der Waals surface area contributed by atoms with E-state index in [2.05, 4.69) is 10.7 Å². The van der Waals surface area contributed by atoms with Gasteiger partial charge in [-0.05, 0) is 49.2 Å². The number of hydrogen-bond donors (Lipinski definition) is 2. The molecule has 2 N–H and O–H groups in total. The number of rotatable bonds is 8. The lowest BCUT2D eigenvalue weighted by atomic mass is 10.00. The van der Waals surface area contributed by atoms with Crippen LogP contribution in [0, 0.1) is 5.82 Å². The van der Waals surface area contributed by atoms with Gasteiger partial charge in [-0.1, -0.05) is 25.1 Å². The van der Waals surface area contributed by atoms with Gasteiger partial charge < -0.3 is 14.8 Å². The quantitative estimate of drug-likeness (QED) is 0.478. The van der Waals surface area contributed by atoms with E-state index in [1.807, 2.05) is 0 Å². The number of ether oxygens (including phenoxy) is 2. The maximum absolute atomic E-state index is 13.0. The van der Waals surface area contributed by atoms with Crippen LogP contribution in [0.5, 0.6) is 5.75 Å². The number of halogens is 1. The van der Waals surface area contributed by atoms with E-state index in [9.17, 15) is 23.6 Å². The molecule has 32 heavy (non-hydrogen) atoms. The van der Waals surface area contributed by atoms with Gasteiger partial charge in [-0.3, -0.25) is 15.0 Å². The number of amides is 4. The number of imide groups is 1. The van der Waals surface area contributed by atoms with Gasteiger partial charge in [-0.15, -0.1) is 0 Å². The molecule has 9 nitrogen and oxygen atoms in total. The van der Waals surface area contributed by atoms with E-state index in [1.54, 1.807) is 38.1 Å². The Kier molecular flexibility index (Phi) is 6.72. The Hall–Kier alpha value is -3.95. The summed E-state index contributed by atoms with van der Waals surface area (Å²) in [4.78, 5) is 48.5. The Bertz CT molecular complexity index is 1040. The molecule has 0 aromatic heterocycles. The summed E-state index contributed by atoms with van der Waals surface area (Å²) in [6, 6.07) is 11.2. The van der Waals surface area contributed by atoms with Crippen molar-refractivity contribution in [3.05, 3.63) is 65.5 Å². The molecule has 0 spiro atoms. The van der Waals surface area contributed by atoms with E-state index in [4.69, 9.17) is 9.47 Å². The molecule has 2 aromatic rings. The summed E-state index contributed by atoms with van der Waals surface area (Å²) >= 11 is 0. The van der Waals surface area contributed by atoms with E-state index in [1.165, 1.54) is 24.3 Å². The van der Waals surface area contributed by atoms with Crippen molar-refractivity contribution >= 4 is 23.8 Å². The van der Waals surface area contributed by atoms with Gasteiger partial charge in [0.2, 0.25) is 0 Å². The molecule has 1 unspecified atom stereocenters. The maximum atomic E-state index is 13.0. The smallest absolute Gasteiger partial charge is 0.344 e. The van der Waals surface area contributed by atoms with Crippen LogP contribution < -0.4 is 15.5 Å². The van der Waals surface area contributed by atoms with Crippen molar-refractivity contribution in [2.75, 3.05) is 6.61 Å². The molecule has 0 saturated carbocycles. The fourth-order valence-corrected chi connectivity index (χ4v) is 2.86. The number of urea groups is 1. The molecule has 0 aliphatic carbocycles. The summed E-state index contributed by atoms with van der Waals surface area (Å²) in [5, 5.41) is 3.06. The van der Waals surface area contributed by atoms with Crippen LogP contribution in [0.3, 0.4) is 0 Å². The van der Waals surface area contributed by atoms with Gasteiger partial charge in [0.15, 0.2) is 6.61 Å². The van der Waals surface area contributed by atoms with Gasteiger partial charge in [0.25, 0.3) is 11.8 Å². The summed E-state index contributed by atoms with van der Waals surface area (Å²) in [5.41, 5.74) is 1.92. The van der Waals surface area contributed by atoms with Crippen LogP contribution in [0.1, 0.15) is 36.2 Å². The summed E-state index contributed by atoms with van der Waals surface area (Å²) in [6.45, 7) is 2.75. The monoisotopic (exact) mass is 443 g/mol. The molecule has 1 atom stereocenters. The van der Waals surface area contributed by atoms with E-state index in [0.29, 0.717) is 17.2 Å². The second-order valence-electron chi connectivity index (χ2n) is 7.31. The minimum Gasteiger partial charge on any atom is -0.489 e. The zero-order valence-electron chi connectivity index (χ0n) is 17.5. The molecule has 1 aliphatic heterocycles. The molecule has 1 aliphatic rings. The third-order valence-electron chi connectivity index (χ3n) is 4.93. The molecule has 3 rings (SSSR count). The fraction of sp³-hybridized carbons (Fsp3) is 0.273. The average molecular weight is 443 g/mol. The molecule has 168 valence electrons. The molecule has 4 amide bonds. The lowest BCUT2D eigenvalue weighted by Gasteiger charge is -2.19. The third-order valence-corrected chi connectivity index (χ3v) is 4.93. The highest BCUT2D eigenvalue weighted by molar-refractivity contribution is 6.07. The highest BCUT2D eigenvalue weighted by atomic mass is 19.1. The van der Waals surface area contributed by atoms with Crippen molar-refractivity contribution < 1.29 is 33.0 Å². The minimum absolute atomic E-state index is 0.142. The van der Waals surface area contributed by atoms with Crippen LogP contribution in [0.25, 0.3) is 0 Å². The first-order valence-corrected chi connectivity index (χ1v) is 9.82. The second-order valence-corrected chi connectivity index (χ2v) is 7.31. The van der Waals surface area contributed by atoms with Crippen molar-refractivity contribution in [3.63, 3.8) is 0 Å². The highest BCUT2D eigenvalue weighted by Gasteiger charge is 2.47. The number of nitrogens with one attached hydrogen (secondary N) is 2. The topological polar surface area (TPSA) is 114 Å². The molecule has 1 fully saturated rings. The lowest BCUT2D eigenvalue weighted by Crippen LogP contribution is -2.49. The fourth-order valence-electron chi connectivity index (χ4n) is 2.86.